The molecule has 0 aliphatic heterocycles. The maximum Gasteiger partial charge on any atom is 0.308 e. The van der Waals surface area contributed by atoms with Gasteiger partial charge in [-0.2, -0.15) is 8.42 Å². The summed E-state index contributed by atoms with van der Waals surface area (Å²) in [4.78, 5) is 14.1. The predicted octanol–water partition coefficient (Wildman–Crippen LogP) is 3.09. The largest absolute Gasteiger partial charge is 0.383 e. The Labute approximate surface area is 155 Å². The lowest BCUT2D eigenvalue weighted by atomic mass is 10.1. The van der Waals surface area contributed by atoms with Crippen molar-refractivity contribution in [2.45, 2.75) is 33.7 Å². The fraction of sp³-hybridized carbons (Fsp3) is 0.588. The first-order valence-corrected chi connectivity index (χ1v) is 10.1. The Kier molecular flexibility index (Phi) is 8.68. The summed E-state index contributed by atoms with van der Waals surface area (Å²) in [5.41, 5.74) is 0.540. The lowest BCUT2D eigenvalue weighted by Gasteiger charge is -2.24. The average Bonchev–Trinajstić information content (AvgIpc) is 2.53. The predicted molar refractivity (Wildman–Crippen MR) is 98.3 cm³/mol. The number of hydrogen-bond donors (Lipinski definition) is 0. The lowest BCUT2D eigenvalue weighted by Crippen LogP contribution is -2.34. The maximum absolute atomic E-state index is 12.5. The third-order valence-electron chi connectivity index (χ3n) is 3.45. The second-order valence-corrected chi connectivity index (χ2v) is 8.38. The highest BCUT2D eigenvalue weighted by atomic mass is 35.5. The molecule has 0 atom stereocenters. The molecule has 142 valence electrons. The highest BCUT2D eigenvalue weighted by Gasteiger charge is 2.19. The summed E-state index contributed by atoms with van der Waals surface area (Å²) in [5.74, 6) is 0.227. The Morgan fingerprint density at radius 2 is 2.00 bits per heavy atom. The summed E-state index contributed by atoms with van der Waals surface area (Å²) < 4.78 is 33.8. The fourth-order valence-corrected chi connectivity index (χ4v) is 2.87. The highest BCUT2D eigenvalue weighted by Crippen LogP contribution is 2.26. The van der Waals surface area contributed by atoms with Crippen molar-refractivity contribution < 1.29 is 22.1 Å². The second kappa shape index (κ2) is 9.99. The van der Waals surface area contributed by atoms with Crippen LogP contribution in [-0.2, 0) is 26.2 Å². The maximum atomic E-state index is 12.5. The Morgan fingerprint density at radius 3 is 2.56 bits per heavy atom. The molecule has 0 radical (unpaired) electrons. The zero-order valence-corrected chi connectivity index (χ0v) is 16.7. The van der Waals surface area contributed by atoms with E-state index in [0.29, 0.717) is 30.2 Å². The molecule has 25 heavy (non-hydrogen) atoms. The van der Waals surface area contributed by atoms with Crippen LogP contribution in [-0.4, -0.2) is 45.2 Å². The number of rotatable bonds is 10. The number of carbonyl (C=O) groups excluding carboxylic acids is 1. The number of benzene rings is 1. The molecule has 0 saturated heterocycles. The van der Waals surface area contributed by atoms with Gasteiger partial charge < -0.3 is 13.8 Å². The summed E-state index contributed by atoms with van der Waals surface area (Å²) in [6.07, 6.45) is 0.397. The van der Waals surface area contributed by atoms with Gasteiger partial charge in [-0.15, -0.1) is 0 Å². The van der Waals surface area contributed by atoms with E-state index in [4.69, 9.17) is 20.5 Å². The Hall–Kier alpha value is -1.31. The highest BCUT2D eigenvalue weighted by molar-refractivity contribution is 7.87. The monoisotopic (exact) mass is 391 g/mol. The van der Waals surface area contributed by atoms with E-state index in [9.17, 15) is 13.2 Å². The number of carbonyl (C=O) groups is 1. The molecule has 1 aromatic carbocycles. The van der Waals surface area contributed by atoms with Gasteiger partial charge in [0.05, 0.1) is 12.4 Å². The van der Waals surface area contributed by atoms with Gasteiger partial charge in [0.15, 0.2) is 0 Å². The molecule has 1 aromatic rings. The standard InChI is InChI=1S/C17H26ClNO5S/c1-5-25(21,22)24-16-7-6-15(18)11-14(16)12-19(8-9-23-4)17(20)10-13(2)3/h6-7,11,13H,5,8-10,12H2,1-4H3. The number of ether oxygens (including phenoxy) is 1. The van der Waals surface area contributed by atoms with Crippen molar-refractivity contribution in [3.63, 3.8) is 0 Å². The fourth-order valence-electron chi connectivity index (χ4n) is 2.13. The average molecular weight is 392 g/mol. The molecule has 1 amide bonds. The number of methoxy groups -OCH3 is 1. The SMILES string of the molecule is CCS(=O)(=O)Oc1ccc(Cl)cc1CN(CCOC)C(=O)CC(C)C. The molecule has 0 aromatic heterocycles. The van der Waals surface area contributed by atoms with Crippen LogP contribution in [0.15, 0.2) is 18.2 Å². The van der Waals surface area contributed by atoms with E-state index in [-0.39, 0.29) is 29.9 Å². The zero-order valence-electron chi connectivity index (χ0n) is 15.1. The number of nitrogens with zero attached hydrogens (tertiary/aromatic N) is 1. The summed E-state index contributed by atoms with van der Waals surface area (Å²) in [5, 5.41) is 0.444. The summed E-state index contributed by atoms with van der Waals surface area (Å²) in [6.45, 7) is 6.41. The van der Waals surface area contributed by atoms with Gasteiger partial charge in [0, 0.05) is 37.2 Å². The second-order valence-electron chi connectivity index (χ2n) is 6.09. The number of hydrogen-bond acceptors (Lipinski definition) is 5. The number of amides is 1. The molecular weight excluding hydrogens is 366 g/mol. The quantitative estimate of drug-likeness (QED) is 0.573. The van der Waals surface area contributed by atoms with Gasteiger partial charge in [0.1, 0.15) is 5.75 Å². The molecule has 0 spiro atoms. The molecular formula is C17H26ClNO5S. The molecule has 0 bridgehead atoms. The molecule has 1 rings (SSSR count). The molecule has 0 N–H and O–H groups in total. The molecule has 0 unspecified atom stereocenters. The molecule has 0 fully saturated rings. The van der Waals surface area contributed by atoms with Crippen molar-refractivity contribution >= 4 is 27.6 Å². The minimum Gasteiger partial charge on any atom is -0.383 e. The van der Waals surface area contributed by atoms with E-state index < -0.39 is 10.1 Å². The number of halogens is 1. The van der Waals surface area contributed by atoms with Crippen LogP contribution in [0.4, 0.5) is 0 Å². The van der Waals surface area contributed by atoms with Crippen LogP contribution in [0.5, 0.6) is 5.75 Å². The first kappa shape index (κ1) is 21.7. The van der Waals surface area contributed by atoms with Crippen LogP contribution in [0.1, 0.15) is 32.8 Å². The third kappa shape index (κ3) is 7.63. The van der Waals surface area contributed by atoms with Gasteiger partial charge in [-0.25, -0.2) is 0 Å². The van der Waals surface area contributed by atoms with Crippen LogP contribution in [0, 0.1) is 5.92 Å². The molecule has 8 heteroatoms. The van der Waals surface area contributed by atoms with Crippen molar-refractivity contribution in [2.24, 2.45) is 5.92 Å². The van der Waals surface area contributed by atoms with E-state index in [2.05, 4.69) is 0 Å². The molecule has 0 aliphatic carbocycles. The lowest BCUT2D eigenvalue weighted by molar-refractivity contribution is -0.133. The van der Waals surface area contributed by atoms with Gasteiger partial charge in [-0.3, -0.25) is 4.79 Å². The van der Waals surface area contributed by atoms with E-state index in [1.807, 2.05) is 13.8 Å². The minimum atomic E-state index is -3.67. The van der Waals surface area contributed by atoms with E-state index in [1.165, 1.54) is 13.0 Å². The van der Waals surface area contributed by atoms with Gasteiger partial charge in [0.2, 0.25) is 5.91 Å². The van der Waals surface area contributed by atoms with Gasteiger partial charge in [-0.05, 0) is 31.0 Å². The normalized spacial score (nSPS) is 11.6. The smallest absolute Gasteiger partial charge is 0.308 e. The van der Waals surface area contributed by atoms with Gasteiger partial charge in [-0.1, -0.05) is 25.4 Å². The van der Waals surface area contributed by atoms with Crippen LogP contribution >= 0.6 is 11.6 Å². The first-order chi connectivity index (χ1) is 11.7. The van der Waals surface area contributed by atoms with E-state index in [1.54, 1.807) is 24.1 Å². The summed E-state index contributed by atoms with van der Waals surface area (Å²) in [6, 6.07) is 4.68. The Balaban J connectivity index is 3.09. The van der Waals surface area contributed by atoms with Gasteiger partial charge >= 0.3 is 10.1 Å². The van der Waals surface area contributed by atoms with Gasteiger partial charge in [0.25, 0.3) is 0 Å². The Bertz CT molecular complexity index is 676. The van der Waals surface area contributed by atoms with Crippen molar-refractivity contribution in [3.8, 4) is 5.75 Å². The minimum absolute atomic E-state index is 0.0312. The van der Waals surface area contributed by atoms with Crippen molar-refractivity contribution in [2.75, 3.05) is 26.0 Å². The van der Waals surface area contributed by atoms with E-state index in [0.717, 1.165) is 0 Å². The van der Waals surface area contributed by atoms with Crippen LogP contribution in [0.2, 0.25) is 5.02 Å². The summed E-state index contributed by atoms with van der Waals surface area (Å²) >= 11 is 6.04. The first-order valence-electron chi connectivity index (χ1n) is 8.15. The topological polar surface area (TPSA) is 72.9 Å². The van der Waals surface area contributed by atoms with Crippen molar-refractivity contribution in [1.29, 1.82) is 0 Å². The van der Waals surface area contributed by atoms with Crippen molar-refractivity contribution in [3.05, 3.63) is 28.8 Å². The Morgan fingerprint density at radius 1 is 1.32 bits per heavy atom. The van der Waals surface area contributed by atoms with Crippen LogP contribution in [0.3, 0.4) is 0 Å². The molecule has 0 heterocycles. The van der Waals surface area contributed by atoms with Crippen LogP contribution < -0.4 is 4.18 Å². The summed E-state index contributed by atoms with van der Waals surface area (Å²) in [7, 11) is -2.11. The van der Waals surface area contributed by atoms with Crippen molar-refractivity contribution in [1.82, 2.24) is 4.90 Å². The molecule has 6 nitrogen and oxygen atoms in total. The molecule has 0 saturated carbocycles. The zero-order chi connectivity index (χ0) is 19.0. The van der Waals surface area contributed by atoms with E-state index >= 15 is 0 Å². The molecule has 0 aliphatic rings. The third-order valence-corrected chi connectivity index (χ3v) is 4.83. The van der Waals surface area contributed by atoms with Crippen LogP contribution in [0.25, 0.3) is 0 Å².